The highest BCUT2D eigenvalue weighted by Crippen LogP contribution is 2.28. The van der Waals surface area contributed by atoms with E-state index in [1.54, 1.807) is 36.2 Å². The van der Waals surface area contributed by atoms with Crippen LogP contribution in [0.4, 0.5) is 4.39 Å². The molecule has 3 aromatic carbocycles. The molecule has 5 aromatic rings. The topological polar surface area (TPSA) is 49.0 Å². The van der Waals surface area contributed by atoms with E-state index in [0.29, 0.717) is 23.1 Å². The quantitative estimate of drug-likeness (QED) is 0.401. The minimum Gasteiger partial charge on any atom is -0.497 e. The highest BCUT2D eigenvalue weighted by atomic mass is 19.1. The van der Waals surface area contributed by atoms with Gasteiger partial charge in [0.15, 0.2) is 0 Å². The molecule has 0 aliphatic rings. The molecule has 160 valence electrons. The van der Waals surface area contributed by atoms with Crippen LogP contribution in [-0.4, -0.2) is 21.2 Å². The van der Waals surface area contributed by atoms with Crippen LogP contribution < -0.4 is 10.3 Å². The zero-order valence-electron chi connectivity index (χ0n) is 17.9. The van der Waals surface area contributed by atoms with E-state index in [9.17, 15) is 9.18 Å². The van der Waals surface area contributed by atoms with E-state index in [2.05, 4.69) is 4.98 Å². The largest absolute Gasteiger partial charge is 0.497 e. The van der Waals surface area contributed by atoms with Crippen molar-refractivity contribution in [1.29, 1.82) is 0 Å². The molecule has 0 fully saturated rings. The zero-order chi connectivity index (χ0) is 22.2. The fraction of sp³-hybridized carbons (Fsp3) is 0.154. The van der Waals surface area contributed by atoms with Crippen LogP contribution in [0.1, 0.15) is 16.7 Å². The van der Waals surface area contributed by atoms with E-state index in [1.807, 2.05) is 54.0 Å². The molecule has 0 aliphatic carbocycles. The number of fused-ring (bicyclic) bond motifs is 3. The molecule has 0 amide bonds. The second-order valence-electron chi connectivity index (χ2n) is 7.92. The van der Waals surface area contributed by atoms with Crippen LogP contribution in [0.15, 0.2) is 77.9 Å². The van der Waals surface area contributed by atoms with E-state index in [4.69, 9.17) is 4.74 Å². The molecule has 0 aliphatic heterocycles. The Morgan fingerprint density at radius 2 is 1.78 bits per heavy atom. The van der Waals surface area contributed by atoms with Crippen LogP contribution in [0.5, 0.6) is 5.75 Å². The zero-order valence-corrected chi connectivity index (χ0v) is 17.9. The van der Waals surface area contributed by atoms with Crippen molar-refractivity contribution in [2.75, 3.05) is 7.11 Å². The van der Waals surface area contributed by atoms with Gasteiger partial charge in [-0.25, -0.2) is 9.37 Å². The number of nitrogens with zero attached hydrogens (tertiary/aromatic N) is 3. The molecule has 0 saturated heterocycles. The van der Waals surface area contributed by atoms with Crippen molar-refractivity contribution >= 4 is 21.9 Å². The molecule has 2 heterocycles. The average molecular weight is 427 g/mol. The molecule has 0 bridgehead atoms. The van der Waals surface area contributed by atoms with E-state index in [1.165, 1.54) is 6.07 Å². The Bertz CT molecular complexity index is 1500. The van der Waals surface area contributed by atoms with Gasteiger partial charge in [-0.1, -0.05) is 42.0 Å². The molecule has 0 unspecified atom stereocenters. The van der Waals surface area contributed by atoms with Crippen molar-refractivity contribution in [2.24, 2.45) is 0 Å². The standard InChI is InChI=1S/C26H22FN3O2/c1-17-7-12-23-21(13-17)24-25(30(23)15-19-5-3-4-6-22(19)27)26(31)29(16-28-24)14-18-8-10-20(32-2)11-9-18/h3-13,16H,14-15H2,1-2H3. The summed E-state index contributed by atoms with van der Waals surface area (Å²) in [5.74, 6) is 0.465. The maximum atomic E-state index is 14.5. The summed E-state index contributed by atoms with van der Waals surface area (Å²) in [7, 11) is 1.62. The average Bonchev–Trinajstić information content (AvgIpc) is 3.11. The Morgan fingerprint density at radius 3 is 2.53 bits per heavy atom. The van der Waals surface area contributed by atoms with Crippen LogP contribution in [0.2, 0.25) is 0 Å². The molecule has 5 nitrogen and oxygen atoms in total. The Kier molecular flexibility index (Phi) is 4.98. The molecule has 0 spiro atoms. The number of aromatic nitrogens is 3. The smallest absolute Gasteiger partial charge is 0.278 e. The van der Waals surface area contributed by atoms with Gasteiger partial charge in [0.2, 0.25) is 0 Å². The number of hydrogen-bond donors (Lipinski definition) is 0. The van der Waals surface area contributed by atoms with Crippen molar-refractivity contribution < 1.29 is 9.13 Å². The Morgan fingerprint density at radius 1 is 1.00 bits per heavy atom. The van der Waals surface area contributed by atoms with Crippen molar-refractivity contribution in [3.05, 3.63) is 106 Å². The molecule has 32 heavy (non-hydrogen) atoms. The maximum absolute atomic E-state index is 14.5. The van der Waals surface area contributed by atoms with Gasteiger partial charge in [0.1, 0.15) is 22.6 Å². The van der Waals surface area contributed by atoms with Crippen LogP contribution in [0, 0.1) is 12.7 Å². The van der Waals surface area contributed by atoms with Gasteiger partial charge in [-0.2, -0.15) is 0 Å². The fourth-order valence-corrected chi connectivity index (χ4v) is 4.12. The lowest BCUT2D eigenvalue weighted by atomic mass is 10.1. The number of aryl methyl sites for hydroxylation is 1. The summed E-state index contributed by atoms with van der Waals surface area (Å²) in [4.78, 5) is 18.2. The third kappa shape index (κ3) is 3.43. The minimum atomic E-state index is -0.294. The maximum Gasteiger partial charge on any atom is 0.278 e. The van der Waals surface area contributed by atoms with Crippen molar-refractivity contribution in [3.63, 3.8) is 0 Å². The normalized spacial score (nSPS) is 11.3. The Labute approximate surface area is 184 Å². The summed E-state index contributed by atoms with van der Waals surface area (Å²) in [5.41, 5.74) is 4.38. The molecule has 0 saturated carbocycles. The number of methoxy groups -OCH3 is 1. The van der Waals surface area contributed by atoms with Gasteiger partial charge in [-0.3, -0.25) is 9.36 Å². The summed E-state index contributed by atoms with van der Waals surface area (Å²) in [6.45, 7) is 2.63. The van der Waals surface area contributed by atoms with E-state index < -0.39 is 0 Å². The molecule has 6 heteroatoms. The SMILES string of the molecule is COc1ccc(Cn2cnc3c4cc(C)ccc4n(Cc4ccccc4F)c3c2=O)cc1. The molecule has 0 N–H and O–H groups in total. The van der Waals surface area contributed by atoms with Crippen LogP contribution in [0.25, 0.3) is 21.9 Å². The summed E-state index contributed by atoms with van der Waals surface area (Å²) >= 11 is 0. The van der Waals surface area contributed by atoms with Crippen LogP contribution in [0.3, 0.4) is 0 Å². The van der Waals surface area contributed by atoms with Gasteiger partial charge in [0, 0.05) is 10.9 Å². The first-order valence-corrected chi connectivity index (χ1v) is 10.4. The van der Waals surface area contributed by atoms with Crippen LogP contribution >= 0.6 is 0 Å². The number of ether oxygens (including phenoxy) is 1. The molecule has 5 rings (SSSR count). The minimum absolute atomic E-state index is 0.156. The van der Waals surface area contributed by atoms with E-state index >= 15 is 0 Å². The first-order chi connectivity index (χ1) is 15.5. The fourth-order valence-electron chi connectivity index (χ4n) is 4.12. The lowest BCUT2D eigenvalue weighted by molar-refractivity contribution is 0.414. The Hall–Kier alpha value is -3.93. The highest BCUT2D eigenvalue weighted by Gasteiger charge is 2.18. The number of benzene rings is 3. The summed E-state index contributed by atoms with van der Waals surface area (Å²) in [6, 6.07) is 20.2. The van der Waals surface area contributed by atoms with Gasteiger partial charge in [0.05, 0.1) is 32.0 Å². The molecular weight excluding hydrogens is 405 g/mol. The van der Waals surface area contributed by atoms with Crippen molar-refractivity contribution in [3.8, 4) is 5.75 Å². The summed E-state index contributed by atoms with van der Waals surface area (Å²) in [6.07, 6.45) is 1.59. The first kappa shape index (κ1) is 20.0. The lowest BCUT2D eigenvalue weighted by Crippen LogP contribution is -2.23. The summed E-state index contributed by atoms with van der Waals surface area (Å²) in [5, 5.41) is 0.894. The number of rotatable bonds is 5. The predicted molar refractivity (Wildman–Crippen MR) is 124 cm³/mol. The number of hydrogen-bond acceptors (Lipinski definition) is 3. The second kappa shape index (κ2) is 7.96. The first-order valence-electron chi connectivity index (χ1n) is 10.4. The van der Waals surface area contributed by atoms with Gasteiger partial charge in [-0.05, 0) is 42.8 Å². The molecule has 0 atom stereocenters. The van der Waals surface area contributed by atoms with Gasteiger partial charge >= 0.3 is 0 Å². The van der Waals surface area contributed by atoms with E-state index in [-0.39, 0.29) is 17.9 Å². The van der Waals surface area contributed by atoms with Crippen molar-refractivity contribution in [2.45, 2.75) is 20.0 Å². The third-order valence-electron chi connectivity index (χ3n) is 5.78. The Balaban J connectivity index is 1.69. The molecular formula is C26H22FN3O2. The number of halogens is 1. The second-order valence-corrected chi connectivity index (χ2v) is 7.92. The van der Waals surface area contributed by atoms with Crippen molar-refractivity contribution in [1.82, 2.24) is 14.1 Å². The monoisotopic (exact) mass is 427 g/mol. The molecule has 2 aromatic heterocycles. The lowest BCUT2D eigenvalue weighted by Gasteiger charge is -2.10. The predicted octanol–water partition coefficient (Wildman–Crippen LogP) is 4.90. The third-order valence-corrected chi connectivity index (χ3v) is 5.78. The van der Waals surface area contributed by atoms with Crippen LogP contribution in [-0.2, 0) is 13.1 Å². The van der Waals surface area contributed by atoms with Gasteiger partial charge in [0.25, 0.3) is 5.56 Å². The van der Waals surface area contributed by atoms with E-state index in [0.717, 1.165) is 27.8 Å². The highest BCUT2D eigenvalue weighted by molar-refractivity contribution is 6.05. The molecule has 0 radical (unpaired) electrons. The summed E-state index contributed by atoms with van der Waals surface area (Å²) < 4.78 is 23.1. The van der Waals surface area contributed by atoms with Gasteiger partial charge in [-0.15, -0.1) is 0 Å². The van der Waals surface area contributed by atoms with Gasteiger partial charge < -0.3 is 9.30 Å².